The molecule has 2 N–H and O–H groups in total. The molecule has 2 heteroatoms. The van der Waals surface area contributed by atoms with Crippen molar-refractivity contribution in [2.45, 2.75) is 71.3 Å². The van der Waals surface area contributed by atoms with Gasteiger partial charge in [0.1, 0.15) is 0 Å². The molecule has 0 heterocycles. The van der Waals surface area contributed by atoms with E-state index in [1.807, 2.05) is 0 Å². The lowest BCUT2D eigenvalue weighted by Crippen LogP contribution is -2.50. The maximum atomic E-state index is 10.0. The Balaban J connectivity index is 1.69. The van der Waals surface area contributed by atoms with Crippen molar-refractivity contribution in [3.8, 4) is 0 Å². The molecule has 0 amide bonds. The highest BCUT2D eigenvalue weighted by molar-refractivity contribution is 5.89. The fourth-order valence-electron chi connectivity index (χ4n) is 6.45. The number of aliphatic hydroxyl groups is 1. The second-order valence-corrected chi connectivity index (χ2v) is 8.63. The molecular formula is C19H29NO. The summed E-state index contributed by atoms with van der Waals surface area (Å²) in [6.45, 7) is 4.85. The lowest BCUT2D eigenvalue weighted by Gasteiger charge is -2.57. The van der Waals surface area contributed by atoms with Gasteiger partial charge in [0.2, 0.25) is 0 Å². The van der Waals surface area contributed by atoms with Crippen molar-refractivity contribution in [3.05, 3.63) is 11.6 Å². The number of hydrogen-bond donors (Lipinski definition) is 2. The van der Waals surface area contributed by atoms with Gasteiger partial charge in [0.15, 0.2) is 0 Å². The Kier molecular flexibility index (Phi) is 2.96. The third-order valence-electron chi connectivity index (χ3n) is 7.86. The van der Waals surface area contributed by atoms with E-state index in [1.54, 1.807) is 5.57 Å². The van der Waals surface area contributed by atoms with E-state index >= 15 is 0 Å². The lowest BCUT2D eigenvalue weighted by atomic mass is 9.48. The number of aliphatic hydroxyl groups excluding tert-OH is 1. The highest BCUT2D eigenvalue weighted by Gasteiger charge is 2.57. The van der Waals surface area contributed by atoms with E-state index in [0.717, 1.165) is 42.7 Å². The van der Waals surface area contributed by atoms with Gasteiger partial charge in [0.05, 0.1) is 6.10 Å². The van der Waals surface area contributed by atoms with Crippen LogP contribution in [0.15, 0.2) is 11.6 Å². The second kappa shape index (κ2) is 4.44. The van der Waals surface area contributed by atoms with E-state index in [4.69, 9.17) is 5.41 Å². The molecular weight excluding hydrogens is 258 g/mol. The minimum Gasteiger partial charge on any atom is -0.393 e. The molecule has 0 spiro atoms. The predicted molar refractivity (Wildman–Crippen MR) is 85.4 cm³/mol. The average molecular weight is 287 g/mol. The van der Waals surface area contributed by atoms with Gasteiger partial charge in [0.25, 0.3) is 0 Å². The van der Waals surface area contributed by atoms with Crippen LogP contribution in [0.3, 0.4) is 0 Å². The Labute approximate surface area is 128 Å². The minimum atomic E-state index is -0.102. The van der Waals surface area contributed by atoms with Gasteiger partial charge >= 0.3 is 0 Å². The standard InChI is InChI=1S/C19H29NO/c1-18-9-7-13(21)11-12(18)3-4-14-15-5-6-17(20)19(15,2)10-8-16(14)18/h3,13-16,20-21H,4-11H2,1-2H3/t13?,14?,15?,16?,18-,19-/m0/s1. The van der Waals surface area contributed by atoms with Gasteiger partial charge in [-0.3, -0.25) is 0 Å². The van der Waals surface area contributed by atoms with Crippen molar-refractivity contribution in [1.29, 1.82) is 5.41 Å². The summed E-state index contributed by atoms with van der Waals surface area (Å²) in [7, 11) is 0. The molecule has 4 unspecified atom stereocenters. The summed E-state index contributed by atoms with van der Waals surface area (Å²) in [5.74, 6) is 2.33. The van der Waals surface area contributed by atoms with Crippen LogP contribution >= 0.6 is 0 Å². The Morgan fingerprint density at radius 1 is 1.10 bits per heavy atom. The van der Waals surface area contributed by atoms with Crippen LogP contribution in [0.25, 0.3) is 0 Å². The number of nitrogens with one attached hydrogen (secondary N) is 1. The summed E-state index contributed by atoms with van der Waals surface area (Å²) in [4.78, 5) is 0. The molecule has 0 aromatic carbocycles. The fourth-order valence-corrected chi connectivity index (χ4v) is 6.45. The van der Waals surface area contributed by atoms with E-state index in [1.165, 1.54) is 32.1 Å². The zero-order valence-corrected chi connectivity index (χ0v) is 13.5. The van der Waals surface area contributed by atoms with E-state index < -0.39 is 0 Å². The molecule has 116 valence electrons. The van der Waals surface area contributed by atoms with Crippen molar-refractivity contribution in [3.63, 3.8) is 0 Å². The molecule has 4 rings (SSSR count). The SMILES string of the molecule is C[C@]12CCC(O)CC1=CCC1C2CC[C@]2(C)C(=N)CCC12. The zero-order chi connectivity index (χ0) is 14.8. The van der Waals surface area contributed by atoms with Gasteiger partial charge < -0.3 is 10.5 Å². The van der Waals surface area contributed by atoms with E-state index in [-0.39, 0.29) is 11.5 Å². The van der Waals surface area contributed by atoms with Crippen LogP contribution in [0.1, 0.15) is 65.2 Å². The Morgan fingerprint density at radius 2 is 1.81 bits per heavy atom. The number of fused-ring (bicyclic) bond motifs is 5. The van der Waals surface area contributed by atoms with Crippen LogP contribution in [0.4, 0.5) is 0 Å². The minimum absolute atomic E-state index is 0.102. The lowest BCUT2D eigenvalue weighted by molar-refractivity contribution is -0.0210. The summed E-state index contributed by atoms with van der Waals surface area (Å²) in [6, 6.07) is 0. The summed E-state index contributed by atoms with van der Waals surface area (Å²) in [5.41, 5.74) is 3.13. The van der Waals surface area contributed by atoms with Crippen molar-refractivity contribution in [1.82, 2.24) is 0 Å². The molecule has 21 heavy (non-hydrogen) atoms. The molecule has 0 bridgehead atoms. The van der Waals surface area contributed by atoms with Crippen molar-refractivity contribution in [2.75, 3.05) is 0 Å². The molecule has 2 nitrogen and oxygen atoms in total. The second-order valence-electron chi connectivity index (χ2n) is 8.63. The molecule has 6 atom stereocenters. The molecule has 0 radical (unpaired) electrons. The molecule has 0 saturated heterocycles. The molecule has 0 aromatic heterocycles. The van der Waals surface area contributed by atoms with Crippen molar-refractivity contribution < 1.29 is 5.11 Å². The maximum Gasteiger partial charge on any atom is 0.0577 e. The first kappa shape index (κ1) is 14.0. The van der Waals surface area contributed by atoms with Crippen molar-refractivity contribution >= 4 is 5.71 Å². The van der Waals surface area contributed by atoms with Crippen LogP contribution in [0.5, 0.6) is 0 Å². The summed E-state index contributed by atoms with van der Waals surface area (Å²) >= 11 is 0. The Morgan fingerprint density at radius 3 is 2.62 bits per heavy atom. The van der Waals surface area contributed by atoms with Crippen LogP contribution < -0.4 is 0 Å². The largest absolute Gasteiger partial charge is 0.393 e. The van der Waals surface area contributed by atoms with E-state index in [2.05, 4.69) is 19.9 Å². The Bertz CT molecular complexity index is 510. The van der Waals surface area contributed by atoms with Gasteiger partial charge in [0, 0.05) is 11.1 Å². The van der Waals surface area contributed by atoms with Crippen molar-refractivity contribution in [2.24, 2.45) is 28.6 Å². The molecule has 0 aromatic rings. The zero-order valence-electron chi connectivity index (χ0n) is 13.5. The molecule has 3 fully saturated rings. The summed E-state index contributed by atoms with van der Waals surface area (Å²) < 4.78 is 0. The van der Waals surface area contributed by atoms with Gasteiger partial charge in [-0.15, -0.1) is 0 Å². The normalized spacial score (nSPS) is 52.7. The highest BCUT2D eigenvalue weighted by Crippen LogP contribution is 2.63. The van der Waals surface area contributed by atoms with Crippen LogP contribution in [0, 0.1) is 34.0 Å². The average Bonchev–Trinajstić information content (AvgIpc) is 2.76. The van der Waals surface area contributed by atoms with E-state index in [0.29, 0.717) is 5.41 Å². The molecule has 4 aliphatic carbocycles. The topological polar surface area (TPSA) is 44.1 Å². The molecule has 4 aliphatic rings. The molecule has 3 saturated carbocycles. The first-order chi connectivity index (χ1) is 9.95. The third kappa shape index (κ3) is 1.78. The number of hydrogen-bond acceptors (Lipinski definition) is 2. The van der Waals surface area contributed by atoms with Crippen LogP contribution in [-0.4, -0.2) is 16.9 Å². The predicted octanol–water partition coefficient (Wildman–Crippen LogP) is 4.33. The Hall–Kier alpha value is -0.630. The quantitative estimate of drug-likeness (QED) is 0.640. The highest BCUT2D eigenvalue weighted by atomic mass is 16.3. The van der Waals surface area contributed by atoms with Gasteiger partial charge in [-0.1, -0.05) is 25.5 Å². The first-order valence-electron chi connectivity index (χ1n) is 8.90. The fraction of sp³-hybridized carbons (Fsp3) is 0.842. The van der Waals surface area contributed by atoms with Gasteiger partial charge in [-0.05, 0) is 74.5 Å². The maximum absolute atomic E-state index is 10.0. The number of allylic oxidation sites excluding steroid dienone is 1. The molecule has 0 aliphatic heterocycles. The summed E-state index contributed by atoms with van der Waals surface area (Å²) in [6.07, 6.45) is 11.5. The third-order valence-corrected chi connectivity index (χ3v) is 7.86. The van der Waals surface area contributed by atoms with Gasteiger partial charge in [-0.25, -0.2) is 0 Å². The summed E-state index contributed by atoms with van der Waals surface area (Å²) in [5, 5.41) is 18.4. The smallest absolute Gasteiger partial charge is 0.0577 e. The van der Waals surface area contributed by atoms with Crippen LogP contribution in [-0.2, 0) is 0 Å². The number of rotatable bonds is 0. The van der Waals surface area contributed by atoms with E-state index in [9.17, 15) is 5.11 Å². The first-order valence-corrected chi connectivity index (χ1v) is 8.90. The van der Waals surface area contributed by atoms with Crippen LogP contribution in [0.2, 0.25) is 0 Å². The monoisotopic (exact) mass is 287 g/mol. The van der Waals surface area contributed by atoms with Gasteiger partial charge in [-0.2, -0.15) is 0 Å².